The van der Waals surface area contributed by atoms with E-state index in [9.17, 15) is 9.59 Å². The Morgan fingerprint density at radius 2 is 1.90 bits per heavy atom. The molecule has 0 atom stereocenters. The van der Waals surface area contributed by atoms with Crippen LogP contribution >= 0.6 is 0 Å². The van der Waals surface area contributed by atoms with Crippen molar-refractivity contribution in [2.24, 2.45) is 5.41 Å². The molecule has 0 aromatic heterocycles. The molecular weight excluding hydrogens is 270 g/mol. The number of carbonyl (C=O) groups excluding carboxylic acids is 1. The van der Waals surface area contributed by atoms with E-state index in [0.29, 0.717) is 11.4 Å². The van der Waals surface area contributed by atoms with Crippen LogP contribution in [0.3, 0.4) is 0 Å². The first-order chi connectivity index (χ1) is 9.66. The molecule has 0 radical (unpaired) electrons. The van der Waals surface area contributed by atoms with Gasteiger partial charge in [0.2, 0.25) is 5.91 Å². The summed E-state index contributed by atoms with van der Waals surface area (Å²) in [4.78, 5) is 25.0. The monoisotopic (exact) mass is 293 g/mol. The normalized spacial score (nSPS) is 11.1. The molecule has 0 aliphatic carbocycles. The Balaban J connectivity index is 3.26. The van der Waals surface area contributed by atoms with Gasteiger partial charge >= 0.3 is 5.97 Å². The molecule has 0 aliphatic heterocycles. The predicted octanol–water partition coefficient (Wildman–Crippen LogP) is 2.86. The molecule has 0 heterocycles. The first kappa shape index (κ1) is 17.0. The third-order valence-electron chi connectivity index (χ3n) is 3.06. The number of rotatable bonds is 5. The van der Waals surface area contributed by atoms with Crippen molar-refractivity contribution in [3.63, 3.8) is 0 Å². The van der Waals surface area contributed by atoms with Gasteiger partial charge in [-0.05, 0) is 24.6 Å². The molecule has 0 aliphatic rings. The number of nitrogens with zero attached hydrogens (tertiary/aromatic N) is 1. The van der Waals surface area contributed by atoms with E-state index in [1.807, 2.05) is 39.8 Å². The number of carboxylic acids is 1. The molecule has 0 fully saturated rings. The van der Waals surface area contributed by atoms with Crippen LogP contribution in [0.2, 0.25) is 0 Å². The molecular formula is C16H23NO4. The molecule has 0 saturated carbocycles. The highest BCUT2D eigenvalue weighted by molar-refractivity contribution is 5.98. The summed E-state index contributed by atoms with van der Waals surface area (Å²) in [5.74, 6) is -0.510. The van der Waals surface area contributed by atoms with Crippen molar-refractivity contribution in [3.05, 3.63) is 23.8 Å². The molecule has 5 nitrogen and oxygen atoms in total. The molecule has 1 rings (SSSR count). The van der Waals surface area contributed by atoms with Crippen molar-refractivity contribution < 1.29 is 19.4 Å². The molecule has 116 valence electrons. The van der Waals surface area contributed by atoms with E-state index in [1.54, 1.807) is 6.07 Å². The van der Waals surface area contributed by atoms with E-state index in [1.165, 1.54) is 12.0 Å². The van der Waals surface area contributed by atoms with Gasteiger partial charge in [-0.25, -0.2) is 0 Å². The Bertz CT molecular complexity index is 532. The summed E-state index contributed by atoms with van der Waals surface area (Å²) in [5.41, 5.74) is 0.985. The van der Waals surface area contributed by atoms with Gasteiger partial charge < -0.3 is 14.7 Å². The largest absolute Gasteiger partial charge is 0.495 e. The van der Waals surface area contributed by atoms with Gasteiger partial charge in [0.1, 0.15) is 5.75 Å². The number of anilines is 1. The van der Waals surface area contributed by atoms with Crippen molar-refractivity contribution in [3.8, 4) is 5.75 Å². The van der Waals surface area contributed by atoms with E-state index >= 15 is 0 Å². The maximum absolute atomic E-state index is 12.6. The number of aliphatic carboxylic acids is 1. The molecule has 1 N–H and O–H groups in total. The van der Waals surface area contributed by atoms with Crippen LogP contribution in [0, 0.1) is 12.3 Å². The zero-order valence-electron chi connectivity index (χ0n) is 13.3. The van der Waals surface area contributed by atoms with Crippen LogP contribution in [0.1, 0.15) is 32.8 Å². The average molecular weight is 293 g/mol. The van der Waals surface area contributed by atoms with Gasteiger partial charge in [0.05, 0.1) is 19.2 Å². The molecule has 1 aromatic rings. The van der Waals surface area contributed by atoms with Gasteiger partial charge in [0.15, 0.2) is 0 Å². The summed E-state index contributed by atoms with van der Waals surface area (Å²) in [6.07, 6.45) is -0.112. The van der Waals surface area contributed by atoms with E-state index in [2.05, 4.69) is 0 Å². The van der Waals surface area contributed by atoms with Gasteiger partial charge in [-0.15, -0.1) is 0 Å². The number of aryl methyl sites for hydroxylation is 1. The lowest BCUT2D eigenvalue weighted by atomic mass is 9.94. The minimum atomic E-state index is -0.937. The molecule has 5 heteroatoms. The summed E-state index contributed by atoms with van der Waals surface area (Å²) < 4.78 is 5.31. The van der Waals surface area contributed by atoms with Gasteiger partial charge in [-0.2, -0.15) is 0 Å². The Hall–Kier alpha value is -2.04. The number of amides is 1. The van der Waals surface area contributed by atoms with Crippen LogP contribution < -0.4 is 9.64 Å². The second kappa shape index (κ2) is 6.61. The molecule has 0 unspecified atom stereocenters. The SMILES string of the molecule is COc1ccc(C)cc1N(CCC(=O)O)C(=O)C(C)(C)C. The quantitative estimate of drug-likeness (QED) is 0.906. The van der Waals surface area contributed by atoms with E-state index < -0.39 is 11.4 Å². The number of carboxylic acid groups (broad SMARTS) is 1. The summed E-state index contributed by atoms with van der Waals surface area (Å²) in [6.45, 7) is 7.47. The topological polar surface area (TPSA) is 66.8 Å². The van der Waals surface area contributed by atoms with Crippen LogP contribution in [-0.4, -0.2) is 30.6 Å². The Kier molecular flexibility index (Phi) is 5.35. The highest BCUT2D eigenvalue weighted by Gasteiger charge is 2.30. The van der Waals surface area contributed by atoms with Gasteiger partial charge in [-0.3, -0.25) is 9.59 Å². The lowest BCUT2D eigenvalue weighted by Crippen LogP contribution is -2.41. The van der Waals surface area contributed by atoms with Crippen molar-refractivity contribution in [2.45, 2.75) is 34.1 Å². The number of carbonyl (C=O) groups is 2. The number of ether oxygens (including phenoxy) is 1. The summed E-state index contributed by atoms with van der Waals surface area (Å²) in [5, 5.41) is 8.91. The van der Waals surface area contributed by atoms with Crippen molar-refractivity contribution in [1.82, 2.24) is 0 Å². The zero-order chi connectivity index (χ0) is 16.2. The first-order valence-corrected chi connectivity index (χ1v) is 6.85. The molecule has 0 spiro atoms. The lowest BCUT2D eigenvalue weighted by Gasteiger charge is -2.30. The Labute approximate surface area is 125 Å². The maximum atomic E-state index is 12.6. The van der Waals surface area contributed by atoms with Crippen LogP contribution in [0.5, 0.6) is 5.75 Å². The third kappa shape index (κ3) is 4.48. The van der Waals surface area contributed by atoms with Crippen LogP contribution in [0.25, 0.3) is 0 Å². The fourth-order valence-electron chi connectivity index (χ4n) is 1.95. The molecule has 0 saturated heterocycles. The minimum absolute atomic E-state index is 0.112. The van der Waals surface area contributed by atoms with Crippen LogP contribution in [0.15, 0.2) is 18.2 Å². The molecule has 1 amide bonds. The lowest BCUT2D eigenvalue weighted by molar-refractivity contribution is -0.136. The minimum Gasteiger partial charge on any atom is -0.495 e. The fourth-order valence-corrected chi connectivity index (χ4v) is 1.95. The molecule has 0 bridgehead atoms. The fraction of sp³-hybridized carbons (Fsp3) is 0.500. The zero-order valence-corrected chi connectivity index (χ0v) is 13.3. The number of methoxy groups -OCH3 is 1. The van der Waals surface area contributed by atoms with Crippen molar-refractivity contribution in [1.29, 1.82) is 0 Å². The second-order valence-electron chi connectivity index (χ2n) is 6.03. The molecule has 1 aromatic carbocycles. The third-order valence-corrected chi connectivity index (χ3v) is 3.06. The predicted molar refractivity (Wildman–Crippen MR) is 81.8 cm³/mol. The van der Waals surface area contributed by atoms with Crippen LogP contribution in [0.4, 0.5) is 5.69 Å². The van der Waals surface area contributed by atoms with E-state index in [-0.39, 0.29) is 18.9 Å². The Morgan fingerprint density at radius 3 is 2.38 bits per heavy atom. The van der Waals surface area contributed by atoms with Gasteiger partial charge in [0, 0.05) is 12.0 Å². The Morgan fingerprint density at radius 1 is 1.29 bits per heavy atom. The summed E-state index contributed by atoms with van der Waals surface area (Å²) in [7, 11) is 1.53. The summed E-state index contributed by atoms with van der Waals surface area (Å²) >= 11 is 0. The van der Waals surface area contributed by atoms with Crippen molar-refractivity contribution >= 4 is 17.6 Å². The second-order valence-corrected chi connectivity index (χ2v) is 6.03. The number of hydrogen-bond donors (Lipinski definition) is 1. The van der Waals surface area contributed by atoms with Crippen molar-refractivity contribution in [2.75, 3.05) is 18.6 Å². The summed E-state index contributed by atoms with van der Waals surface area (Å²) in [6, 6.07) is 5.51. The van der Waals surface area contributed by atoms with E-state index in [4.69, 9.17) is 9.84 Å². The van der Waals surface area contributed by atoms with Crippen LogP contribution in [-0.2, 0) is 9.59 Å². The van der Waals surface area contributed by atoms with Gasteiger partial charge in [-0.1, -0.05) is 26.8 Å². The average Bonchev–Trinajstić information content (AvgIpc) is 2.37. The number of benzene rings is 1. The maximum Gasteiger partial charge on any atom is 0.305 e. The highest BCUT2D eigenvalue weighted by atomic mass is 16.5. The van der Waals surface area contributed by atoms with E-state index in [0.717, 1.165) is 5.56 Å². The van der Waals surface area contributed by atoms with Gasteiger partial charge in [0.25, 0.3) is 0 Å². The smallest absolute Gasteiger partial charge is 0.305 e. The standard InChI is InChI=1S/C16H23NO4/c1-11-6-7-13(21-5)12(10-11)17(9-8-14(18)19)15(20)16(2,3)4/h6-7,10H,8-9H2,1-5H3,(H,18,19). The molecule has 21 heavy (non-hydrogen) atoms. The highest BCUT2D eigenvalue weighted by Crippen LogP contribution is 2.32. The number of hydrogen-bond acceptors (Lipinski definition) is 3. The first-order valence-electron chi connectivity index (χ1n) is 6.85.